The van der Waals surface area contributed by atoms with Gasteiger partial charge in [-0.05, 0) is 27.1 Å². The lowest BCUT2D eigenvalue weighted by molar-refractivity contribution is 0.172. The summed E-state index contributed by atoms with van der Waals surface area (Å²) in [4.78, 5) is 2.12. The van der Waals surface area contributed by atoms with Crippen molar-refractivity contribution in [1.29, 1.82) is 0 Å². The first-order valence-electron chi connectivity index (χ1n) is 3.56. The molecule has 1 unspecified atom stereocenters. The monoisotopic (exact) mass is 146 g/mol. The number of nitrogens with two attached hydrogens (primary N) is 1. The van der Waals surface area contributed by atoms with Crippen molar-refractivity contribution >= 4 is 0 Å². The summed E-state index contributed by atoms with van der Waals surface area (Å²) < 4.78 is 4.89. The molecule has 0 aromatic heterocycles. The Morgan fingerprint density at radius 3 is 2.50 bits per heavy atom. The minimum Gasteiger partial charge on any atom is -0.383 e. The van der Waals surface area contributed by atoms with Gasteiger partial charge in [0.1, 0.15) is 0 Å². The third kappa shape index (κ3) is 6.01. The third-order valence-corrected chi connectivity index (χ3v) is 1.33. The van der Waals surface area contributed by atoms with Crippen LogP contribution in [-0.4, -0.2) is 45.3 Å². The van der Waals surface area contributed by atoms with E-state index in [0.717, 1.165) is 13.0 Å². The second-order valence-corrected chi connectivity index (χ2v) is 2.81. The van der Waals surface area contributed by atoms with Crippen LogP contribution in [0.25, 0.3) is 0 Å². The number of hydrogen-bond acceptors (Lipinski definition) is 3. The molecule has 0 aliphatic carbocycles. The lowest BCUT2D eigenvalue weighted by Crippen LogP contribution is -2.29. The lowest BCUT2D eigenvalue weighted by Gasteiger charge is -2.13. The Labute approximate surface area is 63.1 Å². The summed E-state index contributed by atoms with van der Waals surface area (Å²) in [6.45, 7) is 1.69. The Bertz CT molecular complexity index is 76.0. The molecular formula is C7H18N2O. The van der Waals surface area contributed by atoms with E-state index in [2.05, 4.69) is 4.90 Å². The van der Waals surface area contributed by atoms with Gasteiger partial charge in [-0.1, -0.05) is 0 Å². The van der Waals surface area contributed by atoms with E-state index in [1.54, 1.807) is 7.11 Å². The number of rotatable bonds is 5. The Balaban J connectivity index is 3.12. The van der Waals surface area contributed by atoms with Crippen LogP contribution in [0.15, 0.2) is 0 Å². The van der Waals surface area contributed by atoms with Gasteiger partial charge in [-0.3, -0.25) is 0 Å². The first-order chi connectivity index (χ1) is 4.66. The van der Waals surface area contributed by atoms with Gasteiger partial charge in [-0.2, -0.15) is 0 Å². The van der Waals surface area contributed by atoms with Crippen molar-refractivity contribution in [2.24, 2.45) is 5.73 Å². The average Bonchev–Trinajstić information content (AvgIpc) is 1.85. The fourth-order valence-corrected chi connectivity index (χ4v) is 0.721. The lowest BCUT2D eigenvalue weighted by atomic mass is 10.2. The van der Waals surface area contributed by atoms with Gasteiger partial charge >= 0.3 is 0 Å². The number of nitrogens with zero attached hydrogens (tertiary/aromatic N) is 1. The zero-order valence-corrected chi connectivity index (χ0v) is 7.13. The van der Waals surface area contributed by atoms with E-state index >= 15 is 0 Å². The summed E-state index contributed by atoms with van der Waals surface area (Å²) in [7, 11) is 5.76. The maximum absolute atomic E-state index is 5.68. The maximum Gasteiger partial charge on any atom is 0.0614 e. The highest BCUT2D eigenvalue weighted by Gasteiger charge is 2.00. The van der Waals surface area contributed by atoms with E-state index in [9.17, 15) is 0 Å². The SMILES string of the molecule is COCC(N)CCN(C)C. The van der Waals surface area contributed by atoms with Crippen molar-refractivity contribution in [2.75, 3.05) is 34.4 Å². The molecule has 0 rings (SSSR count). The summed E-state index contributed by atoms with van der Waals surface area (Å²) in [5.74, 6) is 0. The molecule has 2 N–H and O–H groups in total. The van der Waals surface area contributed by atoms with E-state index in [0.29, 0.717) is 6.61 Å². The zero-order chi connectivity index (χ0) is 7.98. The van der Waals surface area contributed by atoms with E-state index in [-0.39, 0.29) is 6.04 Å². The van der Waals surface area contributed by atoms with Crippen LogP contribution in [0.5, 0.6) is 0 Å². The van der Waals surface area contributed by atoms with E-state index < -0.39 is 0 Å². The average molecular weight is 146 g/mol. The normalized spacial score (nSPS) is 14.1. The second kappa shape index (κ2) is 5.65. The maximum atomic E-state index is 5.68. The molecule has 0 saturated carbocycles. The van der Waals surface area contributed by atoms with Gasteiger partial charge in [-0.25, -0.2) is 0 Å². The zero-order valence-electron chi connectivity index (χ0n) is 7.13. The first-order valence-corrected chi connectivity index (χ1v) is 3.56. The molecule has 3 nitrogen and oxygen atoms in total. The van der Waals surface area contributed by atoms with E-state index in [4.69, 9.17) is 10.5 Å². The van der Waals surface area contributed by atoms with E-state index in [1.165, 1.54) is 0 Å². The molecule has 62 valence electrons. The summed E-state index contributed by atoms with van der Waals surface area (Å²) in [6, 6.07) is 0.187. The highest BCUT2D eigenvalue weighted by Crippen LogP contribution is 1.89. The number of methoxy groups -OCH3 is 1. The van der Waals surface area contributed by atoms with Crippen LogP contribution in [0.2, 0.25) is 0 Å². The van der Waals surface area contributed by atoms with Gasteiger partial charge in [0.25, 0.3) is 0 Å². The number of ether oxygens (including phenoxy) is 1. The third-order valence-electron chi connectivity index (χ3n) is 1.33. The molecule has 0 saturated heterocycles. The molecular weight excluding hydrogens is 128 g/mol. The molecule has 0 heterocycles. The van der Waals surface area contributed by atoms with Crippen LogP contribution in [0.1, 0.15) is 6.42 Å². The van der Waals surface area contributed by atoms with Crippen LogP contribution in [-0.2, 0) is 4.74 Å². The fourth-order valence-electron chi connectivity index (χ4n) is 0.721. The van der Waals surface area contributed by atoms with Gasteiger partial charge in [-0.15, -0.1) is 0 Å². The molecule has 0 aromatic carbocycles. The molecule has 0 amide bonds. The topological polar surface area (TPSA) is 38.5 Å². The van der Waals surface area contributed by atoms with Crippen LogP contribution >= 0.6 is 0 Å². The molecule has 10 heavy (non-hydrogen) atoms. The molecule has 3 heteroatoms. The molecule has 0 aromatic rings. The van der Waals surface area contributed by atoms with Gasteiger partial charge in [0, 0.05) is 13.2 Å². The predicted molar refractivity (Wildman–Crippen MR) is 43.0 cm³/mol. The molecule has 0 spiro atoms. The van der Waals surface area contributed by atoms with Gasteiger partial charge in [0.15, 0.2) is 0 Å². The number of hydrogen-bond donors (Lipinski definition) is 1. The fraction of sp³-hybridized carbons (Fsp3) is 1.00. The molecule has 0 bridgehead atoms. The molecule has 0 fully saturated rings. The van der Waals surface area contributed by atoms with E-state index in [1.807, 2.05) is 14.1 Å². The van der Waals surface area contributed by atoms with Gasteiger partial charge < -0.3 is 15.4 Å². The van der Waals surface area contributed by atoms with Crippen molar-refractivity contribution in [3.63, 3.8) is 0 Å². The summed E-state index contributed by atoms with van der Waals surface area (Å²) in [5, 5.41) is 0. The van der Waals surface area contributed by atoms with Crippen LogP contribution < -0.4 is 5.73 Å². The van der Waals surface area contributed by atoms with Crippen molar-refractivity contribution in [3.8, 4) is 0 Å². The Morgan fingerprint density at radius 1 is 1.50 bits per heavy atom. The minimum absolute atomic E-state index is 0.187. The molecule has 0 aliphatic rings. The summed E-state index contributed by atoms with van der Waals surface area (Å²) in [5.41, 5.74) is 5.68. The summed E-state index contributed by atoms with van der Waals surface area (Å²) >= 11 is 0. The summed E-state index contributed by atoms with van der Waals surface area (Å²) in [6.07, 6.45) is 1.00. The standard InChI is InChI=1S/C7H18N2O/c1-9(2)5-4-7(8)6-10-3/h7H,4-6,8H2,1-3H3. The Hall–Kier alpha value is -0.120. The van der Waals surface area contributed by atoms with Gasteiger partial charge in [0.05, 0.1) is 6.61 Å². The minimum atomic E-state index is 0.187. The Morgan fingerprint density at radius 2 is 2.10 bits per heavy atom. The highest BCUT2D eigenvalue weighted by atomic mass is 16.5. The van der Waals surface area contributed by atoms with Crippen LogP contribution in [0.3, 0.4) is 0 Å². The van der Waals surface area contributed by atoms with Crippen molar-refractivity contribution in [2.45, 2.75) is 12.5 Å². The predicted octanol–water partition coefficient (Wildman–Crippen LogP) is -0.0882. The van der Waals surface area contributed by atoms with Crippen molar-refractivity contribution < 1.29 is 4.74 Å². The molecule has 0 radical (unpaired) electrons. The molecule has 1 atom stereocenters. The molecule has 0 aliphatic heterocycles. The Kier molecular flexibility index (Phi) is 5.58. The second-order valence-electron chi connectivity index (χ2n) is 2.81. The smallest absolute Gasteiger partial charge is 0.0614 e. The highest BCUT2D eigenvalue weighted by molar-refractivity contribution is 4.60. The quantitative estimate of drug-likeness (QED) is 0.589. The van der Waals surface area contributed by atoms with Crippen LogP contribution in [0.4, 0.5) is 0 Å². The van der Waals surface area contributed by atoms with Crippen molar-refractivity contribution in [1.82, 2.24) is 4.90 Å². The van der Waals surface area contributed by atoms with Gasteiger partial charge in [0.2, 0.25) is 0 Å². The largest absolute Gasteiger partial charge is 0.383 e. The van der Waals surface area contributed by atoms with Crippen molar-refractivity contribution in [3.05, 3.63) is 0 Å². The van der Waals surface area contributed by atoms with Crippen LogP contribution in [0, 0.1) is 0 Å². The first kappa shape index (κ1) is 9.88.